The minimum atomic E-state index is 0.118. The minimum Gasteiger partial charge on any atom is -0.479 e. The zero-order valence-electron chi connectivity index (χ0n) is 16.7. The highest BCUT2D eigenvalue weighted by Crippen LogP contribution is 2.33. The zero-order chi connectivity index (χ0) is 20.7. The molecular formula is C21H20BrN7O. The number of hydrogen-bond donors (Lipinski definition) is 0. The first-order valence-electron chi connectivity index (χ1n) is 9.76. The van der Waals surface area contributed by atoms with Gasteiger partial charge in [-0.1, -0.05) is 6.07 Å². The van der Waals surface area contributed by atoms with Crippen LogP contribution in [0.2, 0.25) is 0 Å². The van der Waals surface area contributed by atoms with Crippen LogP contribution in [0.3, 0.4) is 0 Å². The predicted molar refractivity (Wildman–Crippen MR) is 115 cm³/mol. The van der Waals surface area contributed by atoms with Crippen molar-refractivity contribution in [1.29, 1.82) is 0 Å². The average molecular weight is 466 g/mol. The van der Waals surface area contributed by atoms with E-state index in [1.54, 1.807) is 13.4 Å². The molecule has 1 aliphatic heterocycles. The first-order valence-corrected chi connectivity index (χ1v) is 10.6. The Balaban J connectivity index is 1.53. The minimum absolute atomic E-state index is 0.118. The second-order valence-electron chi connectivity index (χ2n) is 7.24. The molecule has 0 saturated heterocycles. The molecule has 1 unspecified atom stereocenters. The third-order valence-electron chi connectivity index (χ3n) is 5.22. The quantitative estimate of drug-likeness (QED) is 0.424. The van der Waals surface area contributed by atoms with Crippen LogP contribution in [-0.2, 0) is 6.54 Å². The largest absolute Gasteiger partial charge is 0.479 e. The number of rotatable bonds is 4. The van der Waals surface area contributed by atoms with Crippen LogP contribution in [0.25, 0.3) is 17.2 Å². The molecular weight excluding hydrogens is 446 g/mol. The van der Waals surface area contributed by atoms with Crippen LogP contribution >= 0.6 is 15.9 Å². The van der Waals surface area contributed by atoms with E-state index < -0.39 is 0 Å². The SMILES string of the molecule is COc1nc(-c2nc3n(n2)CCCC3c2cccc(Br)n2)ccc1-n1cnc(C)c1. The van der Waals surface area contributed by atoms with Gasteiger partial charge in [-0.25, -0.2) is 24.6 Å². The molecule has 0 saturated carbocycles. The lowest BCUT2D eigenvalue weighted by Crippen LogP contribution is -2.18. The Kier molecular flexibility index (Phi) is 4.82. The molecule has 4 aromatic rings. The Hall–Kier alpha value is -3.07. The molecule has 0 aromatic carbocycles. The molecule has 5 heterocycles. The molecule has 0 bridgehead atoms. The molecule has 8 nitrogen and oxygen atoms in total. The normalized spacial score (nSPS) is 15.8. The van der Waals surface area contributed by atoms with E-state index in [1.807, 2.05) is 52.7 Å². The fourth-order valence-electron chi connectivity index (χ4n) is 3.81. The first kappa shape index (κ1) is 18.9. The highest BCUT2D eigenvalue weighted by molar-refractivity contribution is 9.10. The Morgan fingerprint density at radius 3 is 2.80 bits per heavy atom. The van der Waals surface area contributed by atoms with Crippen LogP contribution in [0.1, 0.15) is 36.0 Å². The molecule has 0 aliphatic carbocycles. The summed E-state index contributed by atoms with van der Waals surface area (Å²) in [6, 6.07) is 9.85. The molecule has 30 heavy (non-hydrogen) atoms. The number of aryl methyl sites for hydroxylation is 2. The van der Waals surface area contributed by atoms with Crippen LogP contribution in [-0.4, -0.2) is 41.4 Å². The molecule has 152 valence electrons. The van der Waals surface area contributed by atoms with Crippen LogP contribution < -0.4 is 4.74 Å². The van der Waals surface area contributed by atoms with Gasteiger partial charge in [-0.3, -0.25) is 0 Å². The summed E-state index contributed by atoms with van der Waals surface area (Å²) in [5.41, 5.74) is 3.43. The van der Waals surface area contributed by atoms with Crippen molar-refractivity contribution in [2.45, 2.75) is 32.2 Å². The van der Waals surface area contributed by atoms with Gasteiger partial charge in [-0.2, -0.15) is 0 Å². The van der Waals surface area contributed by atoms with Gasteiger partial charge >= 0.3 is 0 Å². The molecule has 0 N–H and O–H groups in total. The van der Waals surface area contributed by atoms with Crippen molar-refractivity contribution in [2.24, 2.45) is 0 Å². The third-order valence-corrected chi connectivity index (χ3v) is 5.66. The Bertz CT molecular complexity index is 1220. The third kappa shape index (κ3) is 3.39. The molecule has 9 heteroatoms. The summed E-state index contributed by atoms with van der Waals surface area (Å²) in [4.78, 5) is 18.4. The van der Waals surface area contributed by atoms with Crippen molar-refractivity contribution in [3.8, 4) is 23.1 Å². The standard InChI is InChI=1S/C21H20BrN7O/c1-13-11-28(12-23-13)17-9-8-16(25-21(17)30-2)19-26-20-14(5-4-10-29(20)27-19)15-6-3-7-18(22)24-15/h3,6-9,11-12,14H,4-5,10H2,1-2H3. The average Bonchev–Trinajstić information content (AvgIpc) is 3.39. The number of imidazole rings is 1. The van der Waals surface area contributed by atoms with E-state index in [0.29, 0.717) is 17.4 Å². The van der Waals surface area contributed by atoms with E-state index in [2.05, 4.69) is 30.9 Å². The lowest BCUT2D eigenvalue weighted by molar-refractivity contribution is 0.396. The number of hydrogen-bond acceptors (Lipinski definition) is 6. The summed E-state index contributed by atoms with van der Waals surface area (Å²) in [7, 11) is 1.61. The van der Waals surface area contributed by atoms with E-state index in [-0.39, 0.29) is 5.92 Å². The van der Waals surface area contributed by atoms with Gasteiger partial charge in [0.15, 0.2) is 5.82 Å². The van der Waals surface area contributed by atoms with Gasteiger partial charge in [0.05, 0.1) is 30.7 Å². The van der Waals surface area contributed by atoms with Crippen molar-refractivity contribution in [3.63, 3.8) is 0 Å². The van der Waals surface area contributed by atoms with Crippen molar-refractivity contribution in [1.82, 2.24) is 34.3 Å². The number of methoxy groups -OCH3 is 1. The molecule has 0 radical (unpaired) electrons. The van der Waals surface area contributed by atoms with Crippen LogP contribution in [0.5, 0.6) is 5.88 Å². The number of ether oxygens (including phenoxy) is 1. The molecule has 5 rings (SSSR count). The number of halogens is 1. The maximum absolute atomic E-state index is 5.54. The van der Waals surface area contributed by atoms with E-state index in [0.717, 1.165) is 46.9 Å². The van der Waals surface area contributed by atoms with Crippen molar-refractivity contribution >= 4 is 15.9 Å². The Morgan fingerprint density at radius 1 is 1.13 bits per heavy atom. The molecule has 1 aliphatic rings. The topological polar surface area (TPSA) is 83.5 Å². The monoisotopic (exact) mass is 465 g/mol. The predicted octanol–water partition coefficient (Wildman–Crippen LogP) is 3.93. The summed E-state index contributed by atoms with van der Waals surface area (Å²) in [6.45, 7) is 2.79. The lowest BCUT2D eigenvalue weighted by atomic mass is 9.95. The highest BCUT2D eigenvalue weighted by Gasteiger charge is 2.27. The summed E-state index contributed by atoms with van der Waals surface area (Å²) >= 11 is 3.47. The van der Waals surface area contributed by atoms with Gasteiger partial charge in [-0.15, -0.1) is 5.10 Å². The number of fused-ring (bicyclic) bond motifs is 1. The van der Waals surface area contributed by atoms with E-state index >= 15 is 0 Å². The number of pyridine rings is 2. The van der Waals surface area contributed by atoms with Crippen molar-refractivity contribution < 1.29 is 4.74 Å². The van der Waals surface area contributed by atoms with Crippen LogP contribution in [0, 0.1) is 6.92 Å². The molecule has 1 atom stereocenters. The fraction of sp³-hybridized carbons (Fsp3) is 0.286. The number of aromatic nitrogens is 7. The fourth-order valence-corrected chi connectivity index (χ4v) is 4.17. The number of nitrogens with zero attached hydrogens (tertiary/aromatic N) is 7. The smallest absolute Gasteiger partial charge is 0.238 e. The van der Waals surface area contributed by atoms with Gasteiger partial charge in [0.2, 0.25) is 5.88 Å². The lowest BCUT2D eigenvalue weighted by Gasteiger charge is -2.21. The second kappa shape index (κ2) is 7.64. The van der Waals surface area contributed by atoms with E-state index in [9.17, 15) is 0 Å². The summed E-state index contributed by atoms with van der Waals surface area (Å²) < 4.78 is 10.2. The molecule has 4 aromatic heterocycles. The summed E-state index contributed by atoms with van der Waals surface area (Å²) in [6.07, 6.45) is 5.71. The van der Waals surface area contributed by atoms with E-state index in [4.69, 9.17) is 14.8 Å². The van der Waals surface area contributed by atoms with Gasteiger partial charge in [-0.05, 0) is 60.0 Å². The van der Waals surface area contributed by atoms with Gasteiger partial charge in [0.25, 0.3) is 0 Å². The molecule has 0 fully saturated rings. The molecule has 0 amide bonds. The van der Waals surface area contributed by atoms with Crippen molar-refractivity contribution in [3.05, 3.63) is 64.7 Å². The second-order valence-corrected chi connectivity index (χ2v) is 8.06. The van der Waals surface area contributed by atoms with Crippen LogP contribution in [0.4, 0.5) is 0 Å². The summed E-state index contributed by atoms with van der Waals surface area (Å²) in [5, 5.41) is 4.73. The van der Waals surface area contributed by atoms with E-state index in [1.165, 1.54) is 0 Å². The maximum atomic E-state index is 5.54. The van der Waals surface area contributed by atoms with Gasteiger partial charge in [0.1, 0.15) is 21.8 Å². The zero-order valence-corrected chi connectivity index (χ0v) is 18.2. The maximum Gasteiger partial charge on any atom is 0.238 e. The van der Waals surface area contributed by atoms with Crippen molar-refractivity contribution in [2.75, 3.05) is 7.11 Å². The van der Waals surface area contributed by atoms with Crippen LogP contribution in [0.15, 0.2) is 47.5 Å². The summed E-state index contributed by atoms with van der Waals surface area (Å²) in [5.74, 6) is 2.14. The molecule has 0 spiro atoms. The highest BCUT2D eigenvalue weighted by atomic mass is 79.9. The van der Waals surface area contributed by atoms with Gasteiger partial charge < -0.3 is 9.30 Å². The van der Waals surface area contributed by atoms with Gasteiger partial charge in [0, 0.05) is 12.7 Å². The Labute approximate surface area is 182 Å². The Morgan fingerprint density at radius 2 is 2.03 bits per heavy atom. The first-order chi connectivity index (χ1) is 14.6.